The molecule has 0 heterocycles. The van der Waals surface area contributed by atoms with E-state index >= 15 is 0 Å². The fourth-order valence-electron chi connectivity index (χ4n) is 3.07. The lowest BCUT2D eigenvalue weighted by molar-refractivity contribution is 0.157. The number of hydrogen-bond acceptors (Lipinski definition) is 3. The van der Waals surface area contributed by atoms with E-state index in [1.54, 1.807) is 36.2 Å². The second kappa shape index (κ2) is 9.70. The van der Waals surface area contributed by atoms with E-state index in [4.69, 9.17) is 21.4 Å². The largest absolute Gasteiger partial charge is 0.414 e. The molecule has 1 fully saturated rings. The van der Waals surface area contributed by atoms with Gasteiger partial charge in [0.1, 0.15) is 5.75 Å². The van der Waals surface area contributed by atoms with Crippen molar-refractivity contribution in [2.75, 3.05) is 20.2 Å². The first-order valence-corrected chi connectivity index (χ1v) is 8.92. The molecule has 1 aromatic carbocycles. The van der Waals surface area contributed by atoms with E-state index in [1.807, 2.05) is 6.08 Å². The highest BCUT2D eigenvalue weighted by Crippen LogP contribution is 2.31. The van der Waals surface area contributed by atoms with E-state index in [9.17, 15) is 4.79 Å². The molecule has 0 radical (unpaired) electrons. The molecule has 1 amide bonds. The number of carbonyl (C=O) groups is 1. The molecule has 0 atom stereocenters. The molecule has 0 saturated heterocycles. The molecule has 2 rings (SSSR count). The number of benzene rings is 1. The highest BCUT2D eigenvalue weighted by Gasteiger charge is 2.21. The number of aliphatic hydroxyl groups is 1. The maximum Gasteiger partial charge on any atom is 0.414 e. The van der Waals surface area contributed by atoms with Gasteiger partial charge in [-0.25, -0.2) is 4.79 Å². The highest BCUT2D eigenvalue weighted by molar-refractivity contribution is 6.30. The topological polar surface area (TPSA) is 49.8 Å². The average molecular weight is 352 g/mol. The molecule has 1 aromatic rings. The third-order valence-electron chi connectivity index (χ3n) is 4.61. The van der Waals surface area contributed by atoms with Gasteiger partial charge >= 0.3 is 6.09 Å². The SMILES string of the molecule is CN(CCC1CCC(/C=C/CO)CC1)C(=O)Oc1ccc(Cl)cc1. The average Bonchev–Trinajstić information content (AvgIpc) is 2.60. The van der Waals surface area contributed by atoms with Crippen LogP contribution in [0.25, 0.3) is 0 Å². The number of nitrogens with zero attached hydrogens (tertiary/aromatic N) is 1. The first kappa shape index (κ1) is 18.8. The Labute approximate surface area is 149 Å². The zero-order chi connectivity index (χ0) is 17.4. The minimum absolute atomic E-state index is 0.125. The zero-order valence-electron chi connectivity index (χ0n) is 14.2. The summed E-state index contributed by atoms with van der Waals surface area (Å²) in [6.07, 6.45) is 9.33. The molecule has 132 valence electrons. The maximum atomic E-state index is 12.1. The Hall–Kier alpha value is -1.52. The third-order valence-corrected chi connectivity index (χ3v) is 4.86. The normalized spacial score (nSPS) is 21.0. The van der Waals surface area contributed by atoms with Crippen LogP contribution in [0, 0.1) is 11.8 Å². The van der Waals surface area contributed by atoms with Crippen LogP contribution in [-0.2, 0) is 0 Å². The molecule has 4 nitrogen and oxygen atoms in total. The Morgan fingerprint density at radius 1 is 1.29 bits per heavy atom. The van der Waals surface area contributed by atoms with Gasteiger partial charge in [-0.15, -0.1) is 0 Å². The minimum atomic E-state index is -0.336. The van der Waals surface area contributed by atoms with E-state index in [0.29, 0.717) is 29.2 Å². The molecule has 1 N–H and O–H groups in total. The number of amides is 1. The van der Waals surface area contributed by atoms with Crippen LogP contribution in [0.3, 0.4) is 0 Å². The van der Waals surface area contributed by atoms with Crippen molar-refractivity contribution in [2.45, 2.75) is 32.1 Å². The summed E-state index contributed by atoms with van der Waals surface area (Å²) in [6.45, 7) is 0.828. The summed E-state index contributed by atoms with van der Waals surface area (Å²) in [4.78, 5) is 13.7. The van der Waals surface area contributed by atoms with Gasteiger partial charge < -0.3 is 14.7 Å². The van der Waals surface area contributed by atoms with Crippen LogP contribution in [-0.4, -0.2) is 36.3 Å². The van der Waals surface area contributed by atoms with Gasteiger partial charge in [0.25, 0.3) is 0 Å². The van der Waals surface area contributed by atoms with E-state index in [1.165, 1.54) is 25.7 Å². The second-order valence-corrected chi connectivity index (χ2v) is 6.86. The molecular formula is C19H26ClNO3. The number of aliphatic hydroxyl groups excluding tert-OH is 1. The summed E-state index contributed by atoms with van der Waals surface area (Å²) < 4.78 is 5.33. The van der Waals surface area contributed by atoms with Crippen molar-refractivity contribution >= 4 is 17.7 Å². The number of carbonyl (C=O) groups excluding carboxylic acids is 1. The van der Waals surface area contributed by atoms with Crippen molar-refractivity contribution in [2.24, 2.45) is 11.8 Å². The van der Waals surface area contributed by atoms with Crippen LogP contribution >= 0.6 is 11.6 Å². The van der Waals surface area contributed by atoms with Crippen molar-refractivity contribution in [3.8, 4) is 5.75 Å². The first-order valence-electron chi connectivity index (χ1n) is 8.54. The van der Waals surface area contributed by atoms with E-state index in [-0.39, 0.29) is 12.7 Å². The standard InChI is InChI=1S/C19H26ClNO3/c1-21(19(23)24-18-10-8-17(20)9-11-18)13-12-16-6-4-15(5-7-16)3-2-14-22/h2-3,8-11,15-16,22H,4-7,12-14H2,1H3/b3-2+. The van der Waals surface area contributed by atoms with Gasteiger partial charge in [-0.3, -0.25) is 0 Å². The second-order valence-electron chi connectivity index (χ2n) is 6.42. The summed E-state index contributed by atoms with van der Waals surface area (Å²) in [5.41, 5.74) is 0. The molecule has 24 heavy (non-hydrogen) atoms. The van der Waals surface area contributed by atoms with Crippen molar-refractivity contribution in [3.63, 3.8) is 0 Å². The van der Waals surface area contributed by atoms with E-state index in [2.05, 4.69) is 6.08 Å². The van der Waals surface area contributed by atoms with E-state index < -0.39 is 0 Å². The monoisotopic (exact) mass is 351 g/mol. The Morgan fingerprint density at radius 2 is 1.96 bits per heavy atom. The Kier molecular flexibility index (Phi) is 7.60. The lowest BCUT2D eigenvalue weighted by atomic mass is 9.80. The van der Waals surface area contributed by atoms with Crippen molar-refractivity contribution < 1.29 is 14.6 Å². The van der Waals surface area contributed by atoms with Crippen molar-refractivity contribution in [1.82, 2.24) is 4.90 Å². The molecule has 0 unspecified atom stereocenters. The fraction of sp³-hybridized carbons (Fsp3) is 0.526. The van der Waals surface area contributed by atoms with Crippen LogP contribution < -0.4 is 4.74 Å². The summed E-state index contributed by atoms with van der Waals surface area (Å²) in [5.74, 6) is 1.77. The van der Waals surface area contributed by atoms with Crippen LogP contribution in [0.5, 0.6) is 5.75 Å². The summed E-state index contributed by atoms with van der Waals surface area (Å²) in [7, 11) is 1.77. The molecule has 5 heteroatoms. The minimum Gasteiger partial charge on any atom is -0.410 e. The van der Waals surface area contributed by atoms with Crippen molar-refractivity contribution in [1.29, 1.82) is 0 Å². The summed E-state index contributed by atoms with van der Waals surface area (Å²) in [6, 6.07) is 6.78. The molecule has 0 bridgehead atoms. The van der Waals surface area contributed by atoms with Crippen LogP contribution in [0.1, 0.15) is 32.1 Å². The van der Waals surface area contributed by atoms with Gasteiger partial charge in [-0.2, -0.15) is 0 Å². The first-order chi connectivity index (χ1) is 11.6. The smallest absolute Gasteiger partial charge is 0.410 e. The van der Waals surface area contributed by atoms with Crippen molar-refractivity contribution in [3.05, 3.63) is 41.4 Å². The predicted octanol–water partition coefficient (Wildman–Crippen LogP) is 4.52. The number of ether oxygens (including phenoxy) is 1. The maximum absolute atomic E-state index is 12.1. The summed E-state index contributed by atoms with van der Waals surface area (Å²) in [5, 5.41) is 9.44. The number of allylic oxidation sites excluding steroid dienone is 1. The molecule has 0 aliphatic heterocycles. The predicted molar refractivity (Wildman–Crippen MR) is 96.4 cm³/mol. The van der Waals surface area contributed by atoms with Gasteiger partial charge in [0.05, 0.1) is 6.61 Å². The molecule has 0 spiro atoms. The molecule has 1 aliphatic rings. The Bertz CT molecular complexity index is 536. The number of hydrogen-bond donors (Lipinski definition) is 1. The summed E-state index contributed by atoms with van der Waals surface area (Å²) >= 11 is 5.82. The van der Waals surface area contributed by atoms with Gasteiger partial charge in [0.2, 0.25) is 0 Å². The van der Waals surface area contributed by atoms with E-state index in [0.717, 1.165) is 6.42 Å². The Morgan fingerprint density at radius 3 is 2.58 bits per heavy atom. The zero-order valence-corrected chi connectivity index (χ0v) is 14.9. The van der Waals surface area contributed by atoms with Crippen LogP contribution in [0.15, 0.2) is 36.4 Å². The number of halogens is 1. The van der Waals surface area contributed by atoms with Gasteiger partial charge in [-0.1, -0.05) is 23.8 Å². The number of rotatable bonds is 6. The third kappa shape index (κ3) is 6.17. The van der Waals surface area contributed by atoms with Gasteiger partial charge in [-0.05, 0) is 68.2 Å². The molecule has 0 aromatic heterocycles. The Balaban J connectivity index is 1.69. The van der Waals surface area contributed by atoms with Gasteiger partial charge in [0, 0.05) is 18.6 Å². The van der Waals surface area contributed by atoms with Gasteiger partial charge in [0.15, 0.2) is 0 Å². The van der Waals surface area contributed by atoms with Crippen LogP contribution in [0.4, 0.5) is 4.79 Å². The lowest BCUT2D eigenvalue weighted by Crippen LogP contribution is -2.32. The quantitative estimate of drug-likeness (QED) is 0.767. The lowest BCUT2D eigenvalue weighted by Gasteiger charge is -2.28. The fourth-order valence-corrected chi connectivity index (χ4v) is 3.20. The molecule has 1 saturated carbocycles. The molecule has 1 aliphatic carbocycles. The van der Waals surface area contributed by atoms with Crippen LogP contribution in [0.2, 0.25) is 5.02 Å². The highest BCUT2D eigenvalue weighted by atomic mass is 35.5. The molecular weight excluding hydrogens is 326 g/mol.